The van der Waals surface area contributed by atoms with E-state index in [0.29, 0.717) is 29.0 Å². The van der Waals surface area contributed by atoms with Crippen LogP contribution >= 0.6 is 0 Å². The molecule has 6 nitrogen and oxygen atoms in total. The van der Waals surface area contributed by atoms with E-state index in [2.05, 4.69) is 15.1 Å². The van der Waals surface area contributed by atoms with Crippen LogP contribution in [-0.4, -0.2) is 19.6 Å². The van der Waals surface area contributed by atoms with Gasteiger partial charge in [0.1, 0.15) is 22.8 Å². The van der Waals surface area contributed by atoms with Crippen molar-refractivity contribution >= 4 is 11.3 Å². The molecule has 0 saturated carbocycles. The second-order valence-electron chi connectivity index (χ2n) is 4.94. The average molecular weight is 303 g/mol. The molecule has 0 unspecified atom stereocenters. The van der Waals surface area contributed by atoms with E-state index in [1.807, 2.05) is 60.8 Å². The maximum absolute atomic E-state index is 5.91. The smallest absolute Gasteiger partial charge is 0.247 e. The summed E-state index contributed by atoms with van der Waals surface area (Å²) in [6.45, 7) is 0. The van der Waals surface area contributed by atoms with Crippen LogP contribution in [0.25, 0.3) is 17.0 Å². The SMILES string of the molecule is Nc1cccc(-c2nc(Oc3ccccc3)c3cccn3n2)n1. The monoisotopic (exact) mass is 303 g/mol. The van der Waals surface area contributed by atoms with Crippen molar-refractivity contribution in [1.82, 2.24) is 19.6 Å². The maximum atomic E-state index is 5.91. The number of nitrogens with two attached hydrogens (primary N) is 1. The first-order chi connectivity index (χ1) is 11.3. The molecule has 23 heavy (non-hydrogen) atoms. The predicted molar refractivity (Wildman–Crippen MR) is 87.1 cm³/mol. The van der Waals surface area contributed by atoms with Crippen LogP contribution in [0.3, 0.4) is 0 Å². The molecule has 0 spiro atoms. The number of aromatic nitrogens is 4. The van der Waals surface area contributed by atoms with Crippen LogP contribution in [0.15, 0.2) is 66.9 Å². The molecule has 4 rings (SSSR count). The van der Waals surface area contributed by atoms with Crippen molar-refractivity contribution in [1.29, 1.82) is 0 Å². The highest BCUT2D eigenvalue weighted by molar-refractivity contribution is 5.61. The number of rotatable bonds is 3. The van der Waals surface area contributed by atoms with Crippen molar-refractivity contribution in [3.63, 3.8) is 0 Å². The van der Waals surface area contributed by atoms with Gasteiger partial charge < -0.3 is 10.5 Å². The zero-order valence-corrected chi connectivity index (χ0v) is 12.1. The fourth-order valence-corrected chi connectivity index (χ4v) is 2.27. The second-order valence-corrected chi connectivity index (χ2v) is 4.94. The molecule has 6 heteroatoms. The lowest BCUT2D eigenvalue weighted by molar-refractivity contribution is 0.464. The van der Waals surface area contributed by atoms with Crippen molar-refractivity contribution in [2.24, 2.45) is 0 Å². The van der Waals surface area contributed by atoms with Crippen LogP contribution in [0.4, 0.5) is 5.82 Å². The number of para-hydroxylation sites is 1. The quantitative estimate of drug-likeness (QED) is 0.629. The zero-order valence-electron chi connectivity index (χ0n) is 12.1. The number of fused-ring (bicyclic) bond motifs is 1. The molecular weight excluding hydrogens is 290 g/mol. The molecule has 0 radical (unpaired) electrons. The summed E-state index contributed by atoms with van der Waals surface area (Å²) >= 11 is 0. The summed E-state index contributed by atoms with van der Waals surface area (Å²) in [5.41, 5.74) is 7.12. The molecule has 3 heterocycles. The first-order valence-electron chi connectivity index (χ1n) is 7.11. The Hall–Kier alpha value is -3.41. The first-order valence-corrected chi connectivity index (χ1v) is 7.11. The van der Waals surface area contributed by atoms with Crippen molar-refractivity contribution < 1.29 is 4.74 Å². The number of hydrogen-bond acceptors (Lipinski definition) is 5. The maximum Gasteiger partial charge on any atom is 0.247 e. The lowest BCUT2D eigenvalue weighted by atomic mass is 10.3. The molecular formula is C17H13N5O. The third-order valence-electron chi connectivity index (χ3n) is 3.31. The van der Waals surface area contributed by atoms with Gasteiger partial charge in [-0.1, -0.05) is 24.3 Å². The Bertz CT molecular complexity index is 965. The van der Waals surface area contributed by atoms with E-state index >= 15 is 0 Å². The lowest BCUT2D eigenvalue weighted by Gasteiger charge is -2.08. The van der Waals surface area contributed by atoms with Gasteiger partial charge in [0, 0.05) is 6.20 Å². The minimum absolute atomic E-state index is 0.421. The molecule has 112 valence electrons. The molecule has 0 atom stereocenters. The Morgan fingerprint density at radius 2 is 1.74 bits per heavy atom. The third kappa shape index (κ3) is 2.57. The van der Waals surface area contributed by atoms with Gasteiger partial charge in [0.25, 0.3) is 0 Å². The predicted octanol–water partition coefficient (Wildman–Crippen LogP) is 3.17. The fourth-order valence-electron chi connectivity index (χ4n) is 2.27. The van der Waals surface area contributed by atoms with Crippen molar-refractivity contribution in [3.8, 4) is 23.1 Å². The summed E-state index contributed by atoms with van der Waals surface area (Å²) < 4.78 is 7.63. The lowest BCUT2D eigenvalue weighted by Crippen LogP contribution is -2.02. The Morgan fingerprint density at radius 1 is 0.870 bits per heavy atom. The Labute approximate surface area is 132 Å². The number of anilines is 1. The van der Waals surface area contributed by atoms with E-state index in [1.165, 1.54) is 0 Å². The molecule has 0 bridgehead atoms. The molecule has 0 aliphatic carbocycles. The van der Waals surface area contributed by atoms with E-state index < -0.39 is 0 Å². The highest BCUT2D eigenvalue weighted by Crippen LogP contribution is 2.26. The summed E-state index contributed by atoms with van der Waals surface area (Å²) in [6, 6.07) is 18.6. The van der Waals surface area contributed by atoms with Gasteiger partial charge in [0.15, 0.2) is 0 Å². The Morgan fingerprint density at radius 3 is 2.57 bits per heavy atom. The minimum Gasteiger partial charge on any atom is -0.437 e. The molecule has 0 aliphatic heterocycles. The van der Waals surface area contributed by atoms with Gasteiger partial charge in [-0.15, -0.1) is 5.10 Å². The number of nitrogen functional groups attached to an aromatic ring is 1. The van der Waals surface area contributed by atoms with Crippen LogP contribution in [0, 0.1) is 0 Å². The molecule has 1 aromatic carbocycles. The standard InChI is InChI=1S/C17H13N5O/c18-15-10-4-8-13(19-15)16-20-17(14-9-5-11-22(14)21-16)23-12-6-2-1-3-7-12/h1-11H,(H2,18,19). The highest BCUT2D eigenvalue weighted by Gasteiger charge is 2.12. The molecule has 0 aliphatic rings. The van der Waals surface area contributed by atoms with Gasteiger partial charge in [-0.25, -0.2) is 9.50 Å². The topological polar surface area (TPSA) is 78.3 Å². The molecule has 2 N–H and O–H groups in total. The van der Waals surface area contributed by atoms with Gasteiger partial charge in [0.2, 0.25) is 11.7 Å². The number of hydrogen-bond donors (Lipinski definition) is 1. The van der Waals surface area contributed by atoms with Gasteiger partial charge in [0.05, 0.1) is 0 Å². The van der Waals surface area contributed by atoms with Crippen LogP contribution in [-0.2, 0) is 0 Å². The van der Waals surface area contributed by atoms with Gasteiger partial charge >= 0.3 is 0 Å². The van der Waals surface area contributed by atoms with Crippen molar-refractivity contribution in [2.75, 3.05) is 5.73 Å². The fraction of sp³-hybridized carbons (Fsp3) is 0. The Balaban J connectivity index is 1.84. The summed E-state index contributed by atoms with van der Waals surface area (Å²) in [4.78, 5) is 8.77. The van der Waals surface area contributed by atoms with Gasteiger partial charge in [-0.3, -0.25) is 0 Å². The van der Waals surface area contributed by atoms with E-state index in [0.717, 1.165) is 5.52 Å². The number of ether oxygens (including phenoxy) is 1. The normalized spacial score (nSPS) is 10.8. The van der Waals surface area contributed by atoms with Crippen LogP contribution in [0.1, 0.15) is 0 Å². The molecule has 4 aromatic rings. The summed E-state index contributed by atoms with van der Waals surface area (Å²) in [5.74, 6) is 2.05. The van der Waals surface area contributed by atoms with Crippen molar-refractivity contribution in [3.05, 3.63) is 66.9 Å². The highest BCUT2D eigenvalue weighted by atomic mass is 16.5. The summed E-state index contributed by atoms with van der Waals surface area (Å²) in [7, 11) is 0. The van der Waals surface area contributed by atoms with E-state index in [1.54, 1.807) is 10.6 Å². The zero-order chi connectivity index (χ0) is 15.6. The van der Waals surface area contributed by atoms with Crippen LogP contribution in [0.2, 0.25) is 0 Å². The number of nitrogens with zero attached hydrogens (tertiary/aromatic N) is 4. The third-order valence-corrected chi connectivity index (χ3v) is 3.31. The molecule has 0 amide bonds. The van der Waals surface area contributed by atoms with E-state index in [4.69, 9.17) is 10.5 Å². The van der Waals surface area contributed by atoms with E-state index in [9.17, 15) is 0 Å². The molecule has 0 saturated heterocycles. The molecule has 0 fully saturated rings. The Kier molecular flexibility index (Phi) is 3.12. The number of benzene rings is 1. The van der Waals surface area contributed by atoms with E-state index in [-0.39, 0.29) is 0 Å². The summed E-state index contributed by atoms with van der Waals surface area (Å²) in [5, 5.41) is 4.46. The molecule has 3 aromatic heterocycles. The van der Waals surface area contributed by atoms with Crippen molar-refractivity contribution in [2.45, 2.75) is 0 Å². The minimum atomic E-state index is 0.421. The van der Waals surface area contributed by atoms with Crippen LogP contribution in [0.5, 0.6) is 11.6 Å². The second kappa shape index (κ2) is 5.42. The summed E-state index contributed by atoms with van der Waals surface area (Å²) in [6.07, 6.45) is 1.84. The van der Waals surface area contributed by atoms with Gasteiger partial charge in [-0.05, 0) is 36.4 Å². The number of pyridine rings is 1. The van der Waals surface area contributed by atoms with Crippen LogP contribution < -0.4 is 10.5 Å². The average Bonchev–Trinajstić information content (AvgIpc) is 3.05. The first kappa shape index (κ1) is 13.3. The van der Waals surface area contributed by atoms with Gasteiger partial charge in [-0.2, -0.15) is 4.98 Å². The largest absolute Gasteiger partial charge is 0.437 e.